The quantitative estimate of drug-likeness (QED) is 0.299. The molecular formula is C34H48N2O4. The molecule has 4 rings (SSSR count). The largest absolute Gasteiger partial charge is 0.496 e. The minimum atomic E-state index is -0.387. The molecule has 1 aliphatic carbocycles. The predicted octanol–water partition coefficient (Wildman–Crippen LogP) is 8.50. The molecule has 2 aromatic carbocycles. The summed E-state index contributed by atoms with van der Waals surface area (Å²) in [6.07, 6.45) is 9.02. The monoisotopic (exact) mass is 548 g/mol. The highest BCUT2D eigenvalue weighted by Crippen LogP contribution is 2.34. The Morgan fingerprint density at radius 2 is 1.65 bits per heavy atom. The topological polar surface area (TPSA) is 68.7 Å². The summed E-state index contributed by atoms with van der Waals surface area (Å²) in [7, 11) is 4.82. The Hall–Kier alpha value is -3.41. The number of aryl methyl sites for hydroxylation is 1. The Labute approximate surface area is 241 Å². The molecule has 0 aliphatic heterocycles. The number of carbonyl (C=O) groups is 2. The molecule has 1 saturated carbocycles. The van der Waals surface area contributed by atoms with Gasteiger partial charge in [0.2, 0.25) is 5.91 Å². The van der Waals surface area contributed by atoms with Crippen LogP contribution >= 0.6 is 0 Å². The Morgan fingerprint density at radius 3 is 2.23 bits per heavy atom. The summed E-state index contributed by atoms with van der Waals surface area (Å²) in [5.41, 5.74) is 3.16. The fourth-order valence-electron chi connectivity index (χ4n) is 4.96. The maximum atomic E-state index is 12.4. The van der Waals surface area contributed by atoms with E-state index < -0.39 is 0 Å². The number of fused-ring (bicyclic) bond motifs is 1. The van der Waals surface area contributed by atoms with Crippen LogP contribution in [0.2, 0.25) is 0 Å². The minimum absolute atomic E-state index is 0.00884. The van der Waals surface area contributed by atoms with E-state index in [1.807, 2.05) is 40.7 Å². The molecule has 0 N–H and O–H groups in total. The summed E-state index contributed by atoms with van der Waals surface area (Å²) in [4.78, 5) is 30.0. The van der Waals surface area contributed by atoms with Gasteiger partial charge in [0.15, 0.2) is 0 Å². The van der Waals surface area contributed by atoms with Gasteiger partial charge in [-0.1, -0.05) is 66.0 Å². The van der Waals surface area contributed by atoms with Gasteiger partial charge in [0.25, 0.3) is 0 Å². The number of carbonyl (C=O) groups excluding carboxylic acids is 2. The highest BCUT2D eigenvalue weighted by molar-refractivity contribution is 6.04. The van der Waals surface area contributed by atoms with Gasteiger partial charge in [0.05, 0.1) is 19.8 Å². The van der Waals surface area contributed by atoms with E-state index in [4.69, 9.17) is 9.47 Å². The third kappa shape index (κ3) is 9.07. The smallest absolute Gasteiger partial charge is 0.337 e. The van der Waals surface area contributed by atoms with Gasteiger partial charge in [-0.15, -0.1) is 0 Å². The number of aromatic nitrogens is 1. The molecule has 218 valence electrons. The van der Waals surface area contributed by atoms with Crippen LogP contribution in [0.5, 0.6) is 5.75 Å². The van der Waals surface area contributed by atoms with Crippen molar-refractivity contribution in [3.63, 3.8) is 0 Å². The molecule has 1 aliphatic rings. The first-order chi connectivity index (χ1) is 19.0. The summed E-state index contributed by atoms with van der Waals surface area (Å²) in [5.74, 6) is 2.02. The number of ether oxygens (including phenoxy) is 2. The van der Waals surface area contributed by atoms with E-state index in [-0.39, 0.29) is 17.3 Å². The lowest BCUT2D eigenvalue weighted by molar-refractivity contribution is -0.120. The van der Waals surface area contributed by atoms with Crippen molar-refractivity contribution >= 4 is 28.5 Å². The Kier molecular flexibility index (Phi) is 12.6. The normalized spacial score (nSPS) is 13.3. The van der Waals surface area contributed by atoms with Gasteiger partial charge in [-0.25, -0.2) is 9.78 Å². The summed E-state index contributed by atoms with van der Waals surface area (Å²) in [5, 5.41) is 1.67. The number of benzene rings is 2. The van der Waals surface area contributed by atoms with Gasteiger partial charge in [0, 0.05) is 25.1 Å². The van der Waals surface area contributed by atoms with E-state index >= 15 is 0 Å². The van der Waals surface area contributed by atoms with Crippen LogP contribution in [0, 0.1) is 12.3 Å². The SMILES string of the molecule is CC.COC(=O)c1ccc2c(N(C)C(=O)CC(C)(C)C)nccc2c1.COc1ccc(C2CCCCC2)cc1C. The lowest BCUT2D eigenvalue weighted by atomic mass is 9.83. The number of nitrogens with zero attached hydrogens (tertiary/aromatic N) is 2. The highest BCUT2D eigenvalue weighted by atomic mass is 16.5. The van der Waals surface area contributed by atoms with Crippen LogP contribution in [0.1, 0.15) is 101 Å². The first kappa shape index (κ1) is 32.8. The minimum Gasteiger partial charge on any atom is -0.496 e. The van der Waals surface area contributed by atoms with E-state index in [1.54, 1.807) is 43.5 Å². The molecule has 0 saturated heterocycles. The van der Waals surface area contributed by atoms with Crippen molar-refractivity contribution in [2.24, 2.45) is 5.41 Å². The second kappa shape index (κ2) is 15.4. The van der Waals surface area contributed by atoms with E-state index in [2.05, 4.69) is 30.1 Å². The van der Waals surface area contributed by atoms with Gasteiger partial charge < -0.3 is 9.47 Å². The van der Waals surface area contributed by atoms with Crippen LogP contribution in [0.3, 0.4) is 0 Å². The van der Waals surface area contributed by atoms with E-state index in [1.165, 1.54) is 50.3 Å². The van der Waals surface area contributed by atoms with Gasteiger partial charge in [-0.05, 0) is 77.9 Å². The number of hydrogen-bond acceptors (Lipinski definition) is 5. The van der Waals surface area contributed by atoms with Crippen LogP contribution in [-0.4, -0.2) is 38.1 Å². The summed E-state index contributed by atoms with van der Waals surface area (Å²) < 4.78 is 10.0. The van der Waals surface area contributed by atoms with E-state index in [9.17, 15) is 9.59 Å². The van der Waals surface area contributed by atoms with Gasteiger partial charge in [-0.3, -0.25) is 9.69 Å². The summed E-state index contributed by atoms with van der Waals surface area (Å²) in [6, 6.07) is 13.7. The fraction of sp³-hybridized carbons (Fsp3) is 0.500. The average Bonchev–Trinajstić information content (AvgIpc) is 2.96. The van der Waals surface area contributed by atoms with Crippen molar-refractivity contribution in [1.82, 2.24) is 4.98 Å². The first-order valence-corrected chi connectivity index (χ1v) is 14.4. The second-order valence-corrected chi connectivity index (χ2v) is 11.3. The number of anilines is 1. The van der Waals surface area contributed by atoms with Crippen molar-refractivity contribution in [3.05, 3.63) is 65.4 Å². The van der Waals surface area contributed by atoms with Crippen LogP contribution in [0.25, 0.3) is 10.8 Å². The van der Waals surface area contributed by atoms with Crippen LogP contribution in [-0.2, 0) is 9.53 Å². The Balaban J connectivity index is 0.000000284. The Morgan fingerprint density at radius 1 is 0.975 bits per heavy atom. The molecule has 1 amide bonds. The molecule has 6 nitrogen and oxygen atoms in total. The average molecular weight is 549 g/mol. The summed E-state index contributed by atoms with van der Waals surface area (Å²) in [6.45, 7) is 12.2. The molecule has 1 fully saturated rings. The van der Waals surface area contributed by atoms with Crippen molar-refractivity contribution in [2.75, 3.05) is 26.2 Å². The van der Waals surface area contributed by atoms with Crippen LogP contribution < -0.4 is 9.64 Å². The van der Waals surface area contributed by atoms with Crippen molar-refractivity contribution in [3.8, 4) is 5.75 Å². The molecule has 40 heavy (non-hydrogen) atoms. The predicted molar refractivity (Wildman–Crippen MR) is 165 cm³/mol. The van der Waals surface area contributed by atoms with Crippen LogP contribution in [0.4, 0.5) is 5.82 Å². The molecule has 0 atom stereocenters. The molecule has 0 spiro atoms. The number of methoxy groups -OCH3 is 2. The maximum Gasteiger partial charge on any atom is 0.337 e. The molecule has 3 aromatic rings. The lowest BCUT2D eigenvalue weighted by Gasteiger charge is -2.23. The molecule has 6 heteroatoms. The number of esters is 1. The first-order valence-electron chi connectivity index (χ1n) is 14.4. The van der Waals surface area contributed by atoms with Crippen molar-refractivity contribution in [2.45, 2.75) is 86.0 Å². The van der Waals surface area contributed by atoms with Gasteiger partial charge in [-0.2, -0.15) is 0 Å². The lowest BCUT2D eigenvalue weighted by Crippen LogP contribution is -2.30. The molecule has 0 bridgehead atoms. The maximum absolute atomic E-state index is 12.4. The van der Waals surface area contributed by atoms with Crippen molar-refractivity contribution < 1.29 is 19.1 Å². The highest BCUT2D eigenvalue weighted by Gasteiger charge is 2.22. The van der Waals surface area contributed by atoms with Crippen molar-refractivity contribution in [1.29, 1.82) is 0 Å². The standard InChI is InChI=1S/C18H22N2O3.C14H20O.C2H6/c1-18(2,3)11-15(21)20(4)16-14-7-6-13(17(22)23-5)10-12(14)8-9-19-16;1-11-10-13(8-9-14(11)15-2)12-6-4-3-5-7-12;1-2/h6-10H,11H2,1-5H3;8-10,12H,3-7H2,1-2H3;1-2H3. The molecule has 0 unspecified atom stereocenters. The van der Waals surface area contributed by atoms with Gasteiger partial charge in [0.1, 0.15) is 11.6 Å². The summed E-state index contributed by atoms with van der Waals surface area (Å²) >= 11 is 0. The third-order valence-corrected chi connectivity index (χ3v) is 7.03. The number of amides is 1. The molecule has 1 heterocycles. The number of rotatable bonds is 5. The number of hydrogen-bond donors (Lipinski definition) is 0. The molecular weight excluding hydrogens is 500 g/mol. The van der Waals surface area contributed by atoms with E-state index in [0.29, 0.717) is 17.8 Å². The van der Waals surface area contributed by atoms with E-state index in [0.717, 1.165) is 22.4 Å². The second-order valence-electron chi connectivity index (χ2n) is 11.3. The van der Waals surface area contributed by atoms with Crippen LogP contribution in [0.15, 0.2) is 48.7 Å². The number of pyridine rings is 1. The zero-order chi connectivity index (χ0) is 29.9. The molecule has 1 aromatic heterocycles. The van der Waals surface area contributed by atoms with Gasteiger partial charge >= 0.3 is 5.97 Å². The zero-order valence-electron chi connectivity index (χ0n) is 26.0. The molecule has 0 radical (unpaired) electrons. The fourth-order valence-corrected chi connectivity index (χ4v) is 4.96. The Bertz CT molecular complexity index is 1260. The zero-order valence-corrected chi connectivity index (χ0v) is 26.0. The third-order valence-electron chi connectivity index (χ3n) is 7.03.